The van der Waals surface area contributed by atoms with Crippen LogP contribution in [0.5, 0.6) is 0 Å². The summed E-state index contributed by atoms with van der Waals surface area (Å²) in [6, 6.07) is 0. The maximum Gasteiger partial charge on any atom is 0.434 e. The minimum absolute atomic E-state index is 0. The third kappa shape index (κ3) is 6.99. The SMILES string of the molecule is CCNC(=NCc1sc(C)nc1C)NCCc1nc(C(F)(F)F)cs1.I. The minimum atomic E-state index is -4.39. The zero-order valence-electron chi connectivity index (χ0n) is 14.6. The van der Waals surface area contributed by atoms with Crippen LogP contribution in [0.2, 0.25) is 0 Å². The van der Waals surface area contributed by atoms with Crippen molar-refractivity contribution in [2.45, 2.75) is 39.9 Å². The van der Waals surface area contributed by atoms with Gasteiger partial charge >= 0.3 is 6.18 Å². The van der Waals surface area contributed by atoms with Crippen molar-refractivity contribution < 1.29 is 13.2 Å². The van der Waals surface area contributed by atoms with Gasteiger partial charge in [0, 0.05) is 29.8 Å². The van der Waals surface area contributed by atoms with Gasteiger partial charge in [-0.1, -0.05) is 0 Å². The van der Waals surface area contributed by atoms with E-state index in [1.54, 1.807) is 11.3 Å². The van der Waals surface area contributed by atoms with E-state index in [4.69, 9.17) is 0 Å². The predicted molar refractivity (Wildman–Crippen MR) is 111 cm³/mol. The van der Waals surface area contributed by atoms with Gasteiger partial charge in [-0.2, -0.15) is 13.2 Å². The molecule has 0 amide bonds. The first kappa shape index (κ1) is 23.1. The number of aryl methyl sites for hydroxylation is 2. The second kappa shape index (κ2) is 10.4. The molecule has 0 unspecified atom stereocenters. The lowest BCUT2D eigenvalue weighted by molar-refractivity contribution is -0.140. The third-order valence-electron chi connectivity index (χ3n) is 3.20. The van der Waals surface area contributed by atoms with Crippen molar-refractivity contribution in [3.8, 4) is 0 Å². The highest BCUT2D eigenvalue weighted by molar-refractivity contribution is 14.0. The van der Waals surface area contributed by atoms with Gasteiger partial charge in [0.15, 0.2) is 11.7 Å². The lowest BCUT2D eigenvalue weighted by Gasteiger charge is -2.10. The van der Waals surface area contributed by atoms with Gasteiger partial charge in [0.05, 0.1) is 22.3 Å². The van der Waals surface area contributed by atoms with Gasteiger partial charge in [-0.25, -0.2) is 15.0 Å². The molecule has 11 heteroatoms. The first-order valence-corrected chi connectivity index (χ1v) is 9.46. The number of nitrogens with one attached hydrogen (secondary N) is 2. The first-order chi connectivity index (χ1) is 11.8. The molecule has 0 radical (unpaired) electrons. The summed E-state index contributed by atoms with van der Waals surface area (Å²) >= 11 is 2.63. The summed E-state index contributed by atoms with van der Waals surface area (Å²) in [4.78, 5) is 13.6. The molecule has 0 aliphatic heterocycles. The maximum absolute atomic E-state index is 12.5. The number of nitrogens with zero attached hydrogens (tertiary/aromatic N) is 3. The molecular formula is C15H21F3IN5S2. The van der Waals surface area contributed by atoms with Crippen LogP contribution >= 0.6 is 46.7 Å². The van der Waals surface area contributed by atoms with Gasteiger partial charge in [0.2, 0.25) is 0 Å². The van der Waals surface area contributed by atoms with E-state index in [1.807, 2.05) is 20.8 Å². The number of alkyl halides is 3. The van der Waals surface area contributed by atoms with Crippen LogP contribution in [0, 0.1) is 13.8 Å². The van der Waals surface area contributed by atoms with E-state index >= 15 is 0 Å². The molecule has 0 fully saturated rings. The van der Waals surface area contributed by atoms with E-state index in [0.717, 1.165) is 32.3 Å². The van der Waals surface area contributed by atoms with Crippen LogP contribution < -0.4 is 10.6 Å². The summed E-state index contributed by atoms with van der Waals surface area (Å²) in [6.07, 6.45) is -3.98. The van der Waals surface area contributed by atoms with Gasteiger partial charge in [-0.3, -0.25) is 0 Å². The Morgan fingerprint density at radius 2 is 1.96 bits per heavy atom. The molecule has 0 atom stereocenters. The van der Waals surface area contributed by atoms with E-state index in [2.05, 4.69) is 25.6 Å². The van der Waals surface area contributed by atoms with Gasteiger partial charge in [-0.05, 0) is 20.8 Å². The van der Waals surface area contributed by atoms with Crippen LogP contribution in [-0.2, 0) is 19.1 Å². The van der Waals surface area contributed by atoms with Crippen molar-refractivity contribution >= 4 is 52.6 Å². The third-order valence-corrected chi connectivity index (χ3v) is 5.16. The molecule has 0 spiro atoms. The Bertz CT molecular complexity index is 727. The Hall–Kier alpha value is -0.950. The monoisotopic (exact) mass is 519 g/mol. The summed E-state index contributed by atoms with van der Waals surface area (Å²) in [5.41, 5.74) is 0.147. The summed E-state index contributed by atoms with van der Waals surface area (Å²) in [5, 5.41) is 8.74. The number of thiazole rings is 2. The topological polar surface area (TPSA) is 62.2 Å². The highest BCUT2D eigenvalue weighted by Gasteiger charge is 2.33. The Kier molecular flexibility index (Phi) is 9.24. The quantitative estimate of drug-likeness (QED) is 0.342. The number of hydrogen-bond acceptors (Lipinski definition) is 5. The second-order valence-corrected chi connectivity index (χ2v) is 7.47. The van der Waals surface area contributed by atoms with Crippen LogP contribution in [-0.4, -0.2) is 29.0 Å². The van der Waals surface area contributed by atoms with E-state index < -0.39 is 11.9 Å². The molecule has 146 valence electrons. The van der Waals surface area contributed by atoms with Crippen molar-refractivity contribution in [3.63, 3.8) is 0 Å². The average Bonchev–Trinajstić information content (AvgIpc) is 3.11. The van der Waals surface area contributed by atoms with Crippen LogP contribution in [0.3, 0.4) is 0 Å². The average molecular weight is 519 g/mol. The van der Waals surface area contributed by atoms with E-state index in [0.29, 0.717) is 37.0 Å². The van der Waals surface area contributed by atoms with Crippen molar-refractivity contribution in [3.05, 3.63) is 31.7 Å². The van der Waals surface area contributed by atoms with Crippen molar-refractivity contribution in [1.82, 2.24) is 20.6 Å². The number of aliphatic imine (C=N–C) groups is 1. The van der Waals surface area contributed by atoms with Gasteiger partial charge < -0.3 is 10.6 Å². The molecule has 2 N–H and O–H groups in total. The Balaban J connectivity index is 0.00000338. The van der Waals surface area contributed by atoms with Crippen LogP contribution in [0.1, 0.15) is 33.2 Å². The molecule has 26 heavy (non-hydrogen) atoms. The summed E-state index contributed by atoms with van der Waals surface area (Å²) < 4.78 is 37.6. The zero-order chi connectivity index (χ0) is 18.4. The summed E-state index contributed by atoms with van der Waals surface area (Å²) in [6.45, 7) is 7.53. The molecule has 0 aliphatic rings. The molecule has 0 bridgehead atoms. The number of halogens is 4. The molecule has 2 aromatic rings. The Morgan fingerprint density at radius 3 is 2.50 bits per heavy atom. The molecule has 0 saturated carbocycles. The molecular weight excluding hydrogens is 498 g/mol. The molecule has 2 rings (SSSR count). The standard InChI is InChI=1S/C15H20F3N5S2.HI/c1-4-19-14(21-7-11-9(2)22-10(3)25-11)20-6-5-13-23-12(8-24-13)15(16,17)18;/h8H,4-7H2,1-3H3,(H2,19,20,21);1H. The molecule has 0 aliphatic carbocycles. The van der Waals surface area contributed by atoms with Gasteiger partial charge in [0.1, 0.15) is 0 Å². The molecule has 0 aromatic carbocycles. The smallest absolute Gasteiger partial charge is 0.357 e. The highest BCUT2D eigenvalue weighted by atomic mass is 127. The lowest BCUT2D eigenvalue weighted by atomic mass is 10.4. The normalized spacial score (nSPS) is 12.0. The molecule has 2 heterocycles. The molecule has 2 aromatic heterocycles. The lowest BCUT2D eigenvalue weighted by Crippen LogP contribution is -2.38. The van der Waals surface area contributed by atoms with Crippen molar-refractivity contribution in [2.24, 2.45) is 4.99 Å². The van der Waals surface area contributed by atoms with Crippen molar-refractivity contribution in [1.29, 1.82) is 0 Å². The van der Waals surface area contributed by atoms with Gasteiger partial charge in [-0.15, -0.1) is 46.7 Å². The number of hydrogen-bond donors (Lipinski definition) is 2. The number of aromatic nitrogens is 2. The molecule has 0 saturated heterocycles. The predicted octanol–water partition coefficient (Wildman–Crippen LogP) is 4.15. The largest absolute Gasteiger partial charge is 0.434 e. The van der Waals surface area contributed by atoms with Crippen molar-refractivity contribution in [2.75, 3.05) is 13.1 Å². The maximum atomic E-state index is 12.5. The highest BCUT2D eigenvalue weighted by Crippen LogP contribution is 2.30. The Morgan fingerprint density at radius 1 is 1.23 bits per heavy atom. The second-order valence-electron chi connectivity index (χ2n) is 5.24. The van der Waals surface area contributed by atoms with Gasteiger partial charge in [0.25, 0.3) is 0 Å². The first-order valence-electron chi connectivity index (χ1n) is 7.76. The fourth-order valence-electron chi connectivity index (χ4n) is 2.06. The summed E-state index contributed by atoms with van der Waals surface area (Å²) in [7, 11) is 0. The number of guanidine groups is 1. The van der Waals surface area contributed by atoms with E-state index in [-0.39, 0.29) is 24.0 Å². The van der Waals surface area contributed by atoms with E-state index in [9.17, 15) is 13.2 Å². The number of rotatable bonds is 6. The van der Waals surface area contributed by atoms with Crippen LogP contribution in [0.4, 0.5) is 13.2 Å². The fourth-order valence-corrected chi connectivity index (χ4v) is 3.72. The van der Waals surface area contributed by atoms with E-state index in [1.165, 1.54) is 0 Å². The fraction of sp³-hybridized carbons (Fsp3) is 0.533. The molecule has 5 nitrogen and oxygen atoms in total. The van der Waals surface area contributed by atoms with Crippen LogP contribution in [0.25, 0.3) is 0 Å². The minimum Gasteiger partial charge on any atom is -0.357 e. The van der Waals surface area contributed by atoms with Crippen LogP contribution in [0.15, 0.2) is 10.4 Å². The zero-order valence-corrected chi connectivity index (χ0v) is 18.6. The Labute approximate surface area is 175 Å². The summed E-state index contributed by atoms with van der Waals surface area (Å²) in [5.74, 6) is 0.626.